The van der Waals surface area contributed by atoms with Crippen molar-refractivity contribution in [3.63, 3.8) is 0 Å². The molecule has 4 heterocycles. The van der Waals surface area contributed by atoms with E-state index in [1.54, 1.807) is 10.9 Å². The molecule has 0 atom stereocenters. The van der Waals surface area contributed by atoms with Crippen molar-refractivity contribution in [1.82, 2.24) is 29.6 Å². The first kappa shape index (κ1) is 22.0. The molecule has 0 unspecified atom stereocenters. The Morgan fingerprint density at radius 1 is 1.11 bits per heavy atom. The smallest absolute Gasteiger partial charge is 0.278 e. The van der Waals surface area contributed by atoms with Crippen molar-refractivity contribution in [2.75, 3.05) is 11.9 Å². The molecule has 3 aromatic heterocycles. The van der Waals surface area contributed by atoms with Gasteiger partial charge in [0, 0.05) is 48.0 Å². The van der Waals surface area contributed by atoms with E-state index in [0.29, 0.717) is 29.3 Å². The molecule has 0 bridgehead atoms. The molecule has 1 aliphatic heterocycles. The molecule has 1 aliphatic carbocycles. The average Bonchev–Trinajstić information content (AvgIpc) is 3.53. The summed E-state index contributed by atoms with van der Waals surface area (Å²) in [5.41, 5.74) is 5.30. The van der Waals surface area contributed by atoms with Crippen molar-refractivity contribution in [2.24, 2.45) is 0 Å². The fraction of sp³-hybridized carbons (Fsp3) is 0.407. The largest absolute Gasteiger partial charge is 0.324 e. The van der Waals surface area contributed by atoms with Crippen LogP contribution in [0.5, 0.6) is 0 Å². The summed E-state index contributed by atoms with van der Waals surface area (Å²) in [6.45, 7) is 11.0. The van der Waals surface area contributed by atoms with Crippen LogP contribution in [0.3, 0.4) is 0 Å². The SMILES string of the molecule is CCn1c(=O)c2cnc(Nc3ccc4c(c3)CNCC4(C)C)nc2n1-c1cccc(C2(C)CC2)n1. The summed E-state index contributed by atoms with van der Waals surface area (Å²) in [6, 6.07) is 12.4. The lowest BCUT2D eigenvalue weighted by Crippen LogP contribution is -2.38. The zero-order valence-corrected chi connectivity index (χ0v) is 20.7. The monoisotopic (exact) mass is 469 g/mol. The predicted molar refractivity (Wildman–Crippen MR) is 138 cm³/mol. The molecule has 1 saturated carbocycles. The summed E-state index contributed by atoms with van der Waals surface area (Å²) in [7, 11) is 0. The fourth-order valence-electron chi connectivity index (χ4n) is 5.14. The van der Waals surface area contributed by atoms with Crippen LogP contribution < -0.4 is 16.2 Å². The van der Waals surface area contributed by atoms with Gasteiger partial charge in [0.15, 0.2) is 11.5 Å². The Morgan fingerprint density at radius 2 is 1.94 bits per heavy atom. The lowest BCUT2D eigenvalue weighted by atomic mass is 9.79. The number of rotatable bonds is 5. The quantitative estimate of drug-likeness (QED) is 0.456. The third-order valence-corrected chi connectivity index (χ3v) is 7.52. The van der Waals surface area contributed by atoms with Crippen LogP contribution in [0, 0.1) is 0 Å². The van der Waals surface area contributed by atoms with Crippen molar-refractivity contribution in [3.05, 3.63) is 69.8 Å². The summed E-state index contributed by atoms with van der Waals surface area (Å²) >= 11 is 0. The maximum atomic E-state index is 13.1. The van der Waals surface area contributed by atoms with Crippen molar-refractivity contribution in [3.8, 4) is 5.82 Å². The molecule has 0 radical (unpaired) electrons. The van der Waals surface area contributed by atoms with E-state index >= 15 is 0 Å². The van der Waals surface area contributed by atoms with Crippen LogP contribution in [0.1, 0.15) is 57.4 Å². The molecule has 4 aromatic rings. The minimum atomic E-state index is -0.110. The van der Waals surface area contributed by atoms with Gasteiger partial charge >= 0.3 is 0 Å². The Hall–Kier alpha value is -3.52. The minimum Gasteiger partial charge on any atom is -0.324 e. The van der Waals surface area contributed by atoms with Gasteiger partial charge in [0.1, 0.15) is 5.39 Å². The molecule has 0 spiro atoms. The topological polar surface area (TPSA) is 89.7 Å². The van der Waals surface area contributed by atoms with Crippen LogP contribution in [-0.2, 0) is 23.9 Å². The maximum absolute atomic E-state index is 13.1. The molecule has 6 rings (SSSR count). The van der Waals surface area contributed by atoms with Gasteiger partial charge < -0.3 is 10.6 Å². The Kier molecular flexibility index (Phi) is 4.86. The number of pyridine rings is 1. The lowest BCUT2D eigenvalue weighted by Gasteiger charge is -2.33. The number of aromatic nitrogens is 5. The van der Waals surface area contributed by atoms with Crippen LogP contribution in [0.2, 0.25) is 0 Å². The third kappa shape index (κ3) is 3.63. The second-order valence-electron chi connectivity index (χ2n) is 10.7. The highest BCUT2D eigenvalue weighted by Crippen LogP contribution is 2.46. The average molecular weight is 470 g/mol. The van der Waals surface area contributed by atoms with Gasteiger partial charge in [-0.25, -0.2) is 19.3 Å². The van der Waals surface area contributed by atoms with Gasteiger partial charge in [-0.2, -0.15) is 4.98 Å². The first-order chi connectivity index (χ1) is 16.8. The number of fused-ring (bicyclic) bond motifs is 2. The summed E-state index contributed by atoms with van der Waals surface area (Å²) in [4.78, 5) is 27.3. The molecule has 1 aromatic carbocycles. The Bertz CT molecular complexity index is 1510. The molecular formula is C27H31N7O. The van der Waals surface area contributed by atoms with Crippen molar-refractivity contribution in [1.29, 1.82) is 0 Å². The standard InChI is InChI=1S/C27H31N7O/c1-5-33-24(35)19-15-29-25(30-18-9-10-20-17(13-18)14-28-16-26(20,2)3)32-23(19)34(33)22-8-6-7-21(31-22)27(4)11-12-27/h6-10,13,15,28H,5,11-12,14,16H2,1-4H3,(H,29,30,32). The van der Waals surface area contributed by atoms with Crippen molar-refractivity contribution < 1.29 is 0 Å². The zero-order valence-electron chi connectivity index (χ0n) is 20.7. The third-order valence-electron chi connectivity index (χ3n) is 7.52. The van der Waals surface area contributed by atoms with E-state index in [-0.39, 0.29) is 16.4 Å². The zero-order chi connectivity index (χ0) is 24.4. The highest BCUT2D eigenvalue weighted by atomic mass is 16.1. The Labute approximate surface area is 204 Å². The summed E-state index contributed by atoms with van der Waals surface area (Å²) in [5, 5.41) is 7.33. The van der Waals surface area contributed by atoms with Crippen LogP contribution >= 0.6 is 0 Å². The van der Waals surface area contributed by atoms with Crippen LogP contribution in [0.25, 0.3) is 16.9 Å². The Balaban J connectivity index is 1.42. The summed E-state index contributed by atoms with van der Waals surface area (Å²) in [5.74, 6) is 1.16. The first-order valence-electron chi connectivity index (χ1n) is 12.4. The van der Waals surface area contributed by atoms with E-state index in [9.17, 15) is 4.79 Å². The van der Waals surface area contributed by atoms with E-state index < -0.39 is 0 Å². The van der Waals surface area contributed by atoms with Gasteiger partial charge in [0.25, 0.3) is 5.56 Å². The van der Waals surface area contributed by atoms with E-state index in [4.69, 9.17) is 9.97 Å². The summed E-state index contributed by atoms with van der Waals surface area (Å²) < 4.78 is 3.51. The number of nitrogens with one attached hydrogen (secondary N) is 2. The van der Waals surface area contributed by atoms with Gasteiger partial charge in [-0.05, 0) is 55.2 Å². The van der Waals surface area contributed by atoms with E-state index in [1.165, 1.54) is 11.1 Å². The maximum Gasteiger partial charge on any atom is 0.278 e. The molecule has 8 nitrogen and oxygen atoms in total. The van der Waals surface area contributed by atoms with E-state index in [1.807, 2.05) is 23.7 Å². The number of hydrogen-bond donors (Lipinski definition) is 2. The van der Waals surface area contributed by atoms with Crippen molar-refractivity contribution >= 4 is 22.7 Å². The van der Waals surface area contributed by atoms with Gasteiger partial charge in [-0.3, -0.25) is 4.79 Å². The molecule has 8 heteroatoms. The fourth-order valence-corrected chi connectivity index (χ4v) is 5.14. The highest BCUT2D eigenvalue weighted by Gasteiger charge is 2.40. The van der Waals surface area contributed by atoms with E-state index in [2.05, 4.69) is 60.7 Å². The lowest BCUT2D eigenvalue weighted by molar-refractivity contribution is 0.435. The van der Waals surface area contributed by atoms with Crippen LogP contribution in [0.15, 0.2) is 47.4 Å². The number of benzene rings is 1. The molecule has 0 saturated heterocycles. The van der Waals surface area contributed by atoms with Gasteiger partial charge in [0.2, 0.25) is 5.95 Å². The normalized spacial score (nSPS) is 17.8. The van der Waals surface area contributed by atoms with Crippen LogP contribution in [-0.4, -0.2) is 30.9 Å². The molecule has 2 aliphatic rings. The molecular weight excluding hydrogens is 438 g/mol. The highest BCUT2D eigenvalue weighted by molar-refractivity contribution is 5.77. The van der Waals surface area contributed by atoms with Gasteiger partial charge in [-0.15, -0.1) is 0 Å². The molecule has 35 heavy (non-hydrogen) atoms. The first-order valence-corrected chi connectivity index (χ1v) is 12.4. The number of anilines is 2. The molecule has 0 amide bonds. The molecule has 1 fully saturated rings. The molecule has 2 N–H and O–H groups in total. The minimum absolute atomic E-state index is 0.0970. The van der Waals surface area contributed by atoms with Gasteiger partial charge in [0.05, 0.1) is 0 Å². The Morgan fingerprint density at radius 3 is 2.71 bits per heavy atom. The second kappa shape index (κ2) is 7.75. The van der Waals surface area contributed by atoms with Gasteiger partial charge in [-0.1, -0.05) is 32.9 Å². The van der Waals surface area contributed by atoms with E-state index in [0.717, 1.165) is 37.3 Å². The number of hydrogen-bond acceptors (Lipinski definition) is 6. The van der Waals surface area contributed by atoms with Crippen molar-refractivity contribution in [2.45, 2.75) is 64.5 Å². The molecule has 180 valence electrons. The number of nitrogens with zero attached hydrogens (tertiary/aromatic N) is 5. The van der Waals surface area contributed by atoms with Crippen LogP contribution in [0.4, 0.5) is 11.6 Å². The predicted octanol–water partition coefficient (Wildman–Crippen LogP) is 4.17. The summed E-state index contributed by atoms with van der Waals surface area (Å²) in [6.07, 6.45) is 3.89. The second-order valence-corrected chi connectivity index (χ2v) is 10.7.